The Morgan fingerprint density at radius 3 is 2.79 bits per heavy atom. The maximum absolute atomic E-state index is 5.51. The molecular formula is C19H30IN5O2S. The van der Waals surface area contributed by atoms with Crippen LogP contribution >= 0.6 is 35.3 Å². The summed E-state index contributed by atoms with van der Waals surface area (Å²) in [6, 6.07) is 3.91. The van der Waals surface area contributed by atoms with Gasteiger partial charge in [0, 0.05) is 45.4 Å². The van der Waals surface area contributed by atoms with Gasteiger partial charge in [-0.3, -0.25) is 4.99 Å². The fourth-order valence-corrected chi connectivity index (χ4v) is 3.22. The topological polar surface area (TPSA) is 71.9 Å². The molecule has 1 unspecified atom stereocenters. The first-order valence-corrected chi connectivity index (χ1v) is 9.91. The number of aromatic nitrogens is 2. The third-order valence-electron chi connectivity index (χ3n) is 3.95. The molecule has 156 valence electrons. The first kappa shape index (κ1) is 24.6. The van der Waals surface area contributed by atoms with Crippen molar-refractivity contribution < 1.29 is 9.47 Å². The lowest BCUT2D eigenvalue weighted by molar-refractivity contribution is 0.119. The minimum Gasteiger partial charge on any atom is -0.478 e. The van der Waals surface area contributed by atoms with E-state index in [1.54, 1.807) is 25.5 Å². The number of nitrogens with one attached hydrogen (secondary N) is 1. The zero-order valence-corrected chi connectivity index (χ0v) is 20.3. The second-order valence-electron chi connectivity index (χ2n) is 6.16. The summed E-state index contributed by atoms with van der Waals surface area (Å²) in [4.78, 5) is 15.4. The molecule has 28 heavy (non-hydrogen) atoms. The molecule has 2 aromatic rings. The summed E-state index contributed by atoms with van der Waals surface area (Å²) < 4.78 is 10.8. The van der Waals surface area contributed by atoms with Crippen molar-refractivity contribution in [1.82, 2.24) is 20.2 Å². The van der Waals surface area contributed by atoms with Gasteiger partial charge in [-0.25, -0.2) is 9.97 Å². The number of hydrogen-bond donors (Lipinski definition) is 1. The highest BCUT2D eigenvalue weighted by Crippen LogP contribution is 2.20. The number of aliphatic imine (C=N–C) groups is 1. The largest absolute Gasteiger partial charge is 0.478 e. The first-order chi connectivity index (χ1) is 13.1. The van der Waals surface area contributed by atoms with Crippen LogP contribution in [0.5, 0.6) is 5.88 Å². The van der Waals surface area contributed by atoms with Crippen molar-refractivity contribution in [2.24, 2.45) is 4.99 Å². The van der Waals surface area contributed by atoms with E-state index in [0.717, 1.165) is 28.6 Å². The lowest BCUT2D eigenvalue weighted by Gasteiger charge is -2.21. The summed E-state index contributed by atoms with van der Waals surface area (Å²) in [6.45, 7) is 6.07. The van der Waals surface area contributed by atoms with E-state index < -0.39 is 0 Å². The second kappa shape index (κ2) is 12.9. The van der Waals surface area contributed by atoms with Crippen LogP contribution in [0.2, 0.25) is 0 Å². The number of halogens is 1. The van der Waals surface area contributed by atoms with Crippen LogP contribution in [-0.2, 0) is 17.8 Å². The molecule has 0 amide bonds. The summed E-state index contributed by atoms with van der Waals surface area (Å²) in [5.74, 6) is 1.46. The zero-order chi connectivity index (χ0) is 19.6. The van der Waals surface area contributed by atoms with Crippen LogP contribution in [0.3, 0.4) is 0 Å². The van der Waals surface area contributed by atoms with E-state index in [2.05, 4.69) is 32.6 Å². The number of rotatable bonds is 9. The molecule has 0 bridgehead atoms. The van der Waals surface area contributed by atoms with Crippen molar-refractivity contribution >= 4 is 41.3 Å². The maximum atomic E-state index is 5.51. The molecule has 2 rings (SSSR count). The molecule has 0 aliphatic carbocycles. The van der Waals surface area contributed by atoms with Crippen molar-refractivity contribution in [3.8, 4) is 5.88 Å². The highest BCUT2D eigenvalue weighted by molar-refractivity contribution is 14.0. The smallest absolute Gasteiger partial charge is 0.213 e. The Morgan fingerprint density at radius 2 is 2.18 bits per heavy atom. The number of thiazole rings is 1. The average molecular weight is 519 g/mol. The van der Waals surface area contributed by atoms with Crippen molar-refractivity contribution in [2.45, 2.75) is 39.5 Å². The van der Waals surface area contributed by atoms with Gasteiger partial charge in [0.2, 0.25) is 5.88 Å². The SMILES string of the molecule is CCCOc1ccc(CNC(=NC)N(C)Cc2csc(C(C)OC)n2)cn1.I. The Balaban J connectivity index is 0.00000392. The average Bonchev–Trinajstić information content (AvgIpc) is 3.15. The van der Waals surface area contributed by atoms with E-state index >= 15 is 0 Å². The highest BCUT2D eigenvalue weighted by atomic mass is 127. The molecule has 7 nitrogen and oxygen atoms in total. The fourth-order valence-electron chi connectivity index (χ4n) is 2.37. The van der Waals surface area contributed by atoms with Crippen LogP contribution in [0.15, 0.2) is 28.7 Å². The molecule has 0 radical (unpaired) electrons. The van der Waals surface area contributed by atoms with E-state index in [-0.39, 0.29) is 30.1 Å². The van der Waals surface area contributed by atoms with Gasteiger partial charge in [-0.1, -0.05) is 13.0 Å². The lowest BCUT2D eigenvalue weighted by Crippen LogP contribution is -2.38. The van der Waals surface area contributed by atoms with Gasteiger partial charge in [-0.2, -0.15) is 0 Å². The molecule has 2 heterocycles. The summed E-state index contributed by atoms with van der Waals surface area (Å²) >= 11 is 1.62. The number of pyridine rings is 1. The van der Waals surface area contributed by atoms with Gasteiger partial charge in [-0.15, -0.1) is 35.3 Å². The molecule has 0 aromatic carbocycles. The summed E-state index contributed by atoms with van der Waals surface area (Å²) in [7, 11) is 5.47. The normalized spacial score (nSPS) is 12.2. The molecule has 1 atom stereocenters. The first-order valence-electron chi connectivity index (χ1n) is 9.04. The number of nitrogens with zero attached hydrogens (tertiary/aromatic N) is 4. The van der Waals surface area contributed by atoms with Crippen molar-refractivity contribution in [2.75, 3.05) is 27.8 Å². The molecule has 0 saturated carbocycles. The molecule has 0 aliphatic heterocycles. The summed E-state index contributed by atoms with van der Waals surface area (Å²) in [5, 5.41) is 6.40. The predicted molar refractivity (Wildman–Crippen MR) is 125 cm³/mol. The van der Waals surface area contributed by atoms with E-state index in [1.807, 2.05) is 37.2 Å². The van der Waals surface area contributed by atoms with Gasteiger partial charge in [0.05, 0.1) is 18.8 Å². The van der Waals surface area contributed by atoms with E-state index in [0.29, 0.717) is 25.6 Å². The van der Waals surface area contributed by atoms with Gasteiger partial charge < -0.3 is 19.7 Å². The quantitative estimate of drug-likeness (QED) is 0.308. The van der Waals surface area contributed by atoms with E-state index in [1.165, 1.54) is 0 Å². The molecule has 0 fully saturated rings. The minimum atomic E-state index is 0. The van der Waals surface area contributed by atoms with Crippen molar-refractivity contribution in [1.29, 1.82) is 0 Å². The third-order valence-corrected chi connectivity index (χ3v) is 5.00. The predicted octanol–water partition coefficient (Wildman–Crippen LogP) is 3.86. The Hall–Kier alpha value is -1.46. The van der Waals surface area contributed by atoms with Gasteiger partial charge in [-0.05, 0) is 18.9 Å². The molecule has 1 N–H and O–H groups in total. The molecule has 0 aliphatic rings. The number of ether oxygens (including phenoxy) is 2. The van der Waals surface area contributed by atoms with Crippen LogP contribution in [0.25, 0.3) is 0 Å². The molecule has 0 saturated heterocycles. The van der Waals surface area contributed by atoms with E-state index in [9.17, 15) is 0 Å². The van der Waals surface area contributed by atoms with Crippen LogP contribution < -0.4 is 10.1 Å². The van der Waals surface area contributed by atoms with Crippen molar-refractivity contribution in [3.63, 3.8) is 0 Å². The summed E-state index contributed by atoms with van der Waals surface area (Å²) in [5.41, 5.74) is 2.07. The standard InChI is InChI=1S/C19H29N5O2S.HI/c1-6-9-26-17-8-7-15(10-21-17)11-22-19(20-3)24(4)12-16-13-27-18(23-16)14(2)25-5;/h7-8,10,13-14H,6,9,11-12H2,1-5H3,(H,20,22);1H. The van der Waals surface area contributed by atoms with Gasteiger partial charge in [0.1, 0.15) is 11.1 Å². The van der Waals surface area contributed by atoms with Gasteiger partial charge >= 0.3 is 0 Å². The Morgan fingerprint density at radius 1 is 1.39 bits per heavy atom. The molecule has 0 spiro atoms. The van der Waals surface area contributed by atoms with Crippen molar-refractivity contribution in [3.05, 3.63) is 40.0 Å². The Bertz CT molecular complexity index is 723. The van der Waals surface area contributed by atoms with Gasteiger partial charge in [0.15, 0.2) is 5.96 Å². The van der Waals surface area contributed by atoms with Gasteiger partial charge in [0.25, 0.3) is 0 Å². The van der Waals surface area contributed by atoms with Crippen LogP contribution in [0, 0.1) is 0 Å². The molecule has 9 heteroatoms. The summed E-state index contributed by atoms with van der Waals surface area (Å²) in [6.07, 6.45) is 2.81. The van der Waals surface area contributed by atoms with Crippen LogP contribution in [0.4, 0.5) is 0 Å². The number of guanidine groups is 1. The molecule has 2 aromatic heterocycles. The fraction of sp³-hybridized carbons (Fsp3) is 0.526. The second-order valence-corrected chi connectivity index (χ2v) is 7.05. The molecular weight excluding hydrogens is 489 g/mol. The Kier molecular flexibility index (Phi) is 11.3. The van der Waals surface area contributed by atoms with Crippen LogP contribution in [-0.4, -0.2) is 48.6 Å². The zero-order valence-electron chi connectivity index (χ0n) is 17.1. The Labute approximate surface area is 188 Å². The number of methoxy groups -OCH3 is 1. The third kappa shape index (κ3) is 7.51. The lowest BCUT2D eigenvalue weighted by atomic mass is 10.3. The van der Waals surface area contributed by atoms with E-state index in [4.69, 9.17) is 9.47 Å². The maximum Gasteiger partial charge on any atom is 0.213 e. The minimum absolute atomic E-state index is 0. The monoisotopic (exact) mass is 519 g/mol. The van der Waals surface area contributed by atoms with Crippen LogP contribution in [0.1, 0.15) is 42.6 Å². The highest BCUT2D eigenvalue weighted by Gasteiger charge is 2.12. The number of hydrogen-bond acceptors (Lipinski definition) is 6.